The van der Waals surface area contributed by atoms with Crippen LogP contribution in [-0.4, -0.2) is 193 Å². The molecule has 3 fully saturated rings. The number of hydrogen-bond donors (Lipinski definition) is 12. The molecule has 0 aromatic carbocycles. The van der Waals surface area contributed by atoms with Crippen LogP contribution in [0.3, 0.4) is 0 Å². The van der Waals surface area contributed by atoms with E-state index in [1.165, 1.54) is 38.7 Å². The fourth-order valence-electron chi connectivity index (χ4n) is 6.46. The molecule has 17 atom stereocenters. The molecule has 0 radical (unpaired) electrons. The van der Waals surface area contributed by atoms with E-state index in [1.807, 2.05) is 6.08 Å². The van der Waals surface area contributed by atoms with Gasteiger partial charge in [0.2, 0.25) is 5.91 Å². The van der Waals surface area contributed by atoms with Gasteiger partial charge in [-0.15, -0.1) is 0 Å². The van der Waals surface area contributed by atoms with Crippen molar-refractivity contribution in [1.82, 2.24) is 5.32 Å². The number of aliphatic hydroxyl groups is 11. The second kappa shape index (κ2) is 22.9. The van der Waals surface area contributed by atoms with Crippen molar-refractivity contribution in [2.24, 2.45) is 0 Å². The maximum absolute atomic E-state index is 11.9. The van der Waals surface area contributed by atoms with Crippen molar-refractivity contribution in [1.29, 1.82) is 0 Å². The van der Waals surface area contributed by atoms with Crippen LogP contribution >= 0.6 is 0 Å². The Labute approximate surface area is 308 Å². The van der Waals surface area contributed by atoms with E-state index in [0.29, 0.717) is 0 Å². The van der Waals surface area contributed by atoms with Crippen LogP contribution in [0.15, 0.2) is 12.2 Å². The Morgan fingerprint density at radius 1 is 0.660 bits per heavy atom. The van der Waals surface area contributed by atoms with Crippen LogP contribution in [0.25, 0.3) is 0 Å². The van der Waals surface area contributed by atoms with E-state index in [4.69, 9.17) is 28.4 Å². The van der Waals surface area contributed by atoms with Crippen molar-refractivity contribution >= 4 is 5.91 Å². The first kappa shape index (κ1) is 45.9. The smallest absolute Gasteiger partial charge is 0.217 e. The van der Waals surface area contributed by atoms with Crippen molar-refractivity contribution in [2.45, 2.75) is 169 Å². The Kier molecular flexibility index (Phi) is 19.9. The van der Waals surface area contributed by atoms with Gasteiger partial charge in [0.1, 0.15) is 73.2 Å². The second-order valence-corrected chi connectivity index (χ2v) is 13.8. The lowest BCUT2D eigenvalue weighted by atomic mass is 9.96. The summed E-state index contributed by atoms with van der Waals surface area (Å²) in [5, 5.41) is 117. The average molecular weight is 772 g/mol. The standard InChI is InChI=1S/C34H61NO18/c1-3-4-5-6-7-8-9-10-11-12-19(40)18(35-17(2)39)16-48-32-28(46)25(43)30(21(14-37)50-32)53-34-29(47)26(44)31(22(15-38)51-34)52-33-27(45)24(42)23(41)20(13-36)49-33/h11-12,18-34,36-38,40-47H,3-10,13-16H2,1-2H3,(H,35,39)/b12-11+. The molecule has 0 spiro atoms. The van der Waals surface area contributed by atoms with Crippen molar-refractivity contribution in [3.05, 3.63) is 12.2 Å². The molecule has 3 saturated heterocycles. The van der Waals surface area contributed by atoms with Gasteiger partial charge in [-0.25, -0.2) is 0 Å². The number of carbonyl (C=O) groups is 1. The number of hydrogen-bond acceptors (Lipinski definition) is 18. The summed E-state index contributed by atoms with van der Waals surface area (Å²) in [6.45, 7) is 0.633. The topological polar surface area (TPSA) is 307 Å². The van der Waals surface area contributed by atoms with Crippen LogP contribution in [0.5, 0.6) is 0 Å². The Bertz CT molecular complexity index is 1070. The van der Waals surface area contributed by atoms with E-state index in [0.717, 1.165) is 25.7 Å². The van der Waals surface area contributed by atoms with E-state index in [2.05, 4.69) is 12.2 Å². The summed E-state index contributed by atoms with van der Waals surface area (Å²) < 4.78 is 33.4. The molecule has 12 N–H and O–H groups in total. The highest BCUT2D eigenvalue weighted by Gasteiger charge is 2.53. The van der Waals surface area contributed by atoms with Crippen LogP contribution in [0.4, 0.5) is 0 Å². The molecule has 53 heavy (non-hydrogen) atoms. The third-order valence-corrected chi connectivity index (χ3v) is 9.62. The molecule has 3 heterocycles. The third-order valence-electron chi connectivity index (χ3n) is 9.62. The minimum Gasteiger partial charge on any atom is -0.394 e. The Morgan fingerprint density at radius 3 is 1.66 bits per heavy atom. The lowest BCUT2D eigenvalue weighted by Gasteiger charge is -2.48. The minimum absolute atomic E-state index is 0.370. The molecule has 0 saturated carbocycles. The van der Waals surface area contributed by atoms with Crippen LogP contribution < -0.4 is 5.32 Å². The Hall–Kier alpha value is -1.47. The summed E-state index contributed by atoms with van der Waals surface area (Å²) in [5.74, 6) is -0.458. The predicted octanol–water partition coefficient (Wildman–Crippen LogP) is -3.99. The molecule has 3 aliphatic heterocycles. The van der Waals surface area contributed by atoms with Gasteiger partial charge in [-0.2, -0.15) is 0 Å². The zero-order valence-corrected chi connectivity index (χ0v) is 30.2. The van der Waals surface area contributed by atoms with Crippen LogP contribution in [0.1, 0.15) is 65.2 Å². The van der Waals surface area contributed by atoms with Gasteiger partial charge in [0.05, 0.1) is 38.6 Å². The van der Waals surface area contributed by atoms with E-state index < -0.39 is 130 Å². The fraction of sp³-hybridized carbons (Fsp3) is 0.912. The monoisotopic (exact) mass is 771 g/mol. The van der Waals surface area contributed by atoms with Gasteiger partial charge in [0, 0.05) is 6.92 Å². The number of rotatable bonds is 21. The number of amides is 1. The minimum atomic E-state index is -1.97. The van der Waals surface area contributed by atoms with Crippen molar-refractivity contribution < 1.29 is 89.4 Å². The number of aliphatic hydroxyl groups excluding tert-OH is 11. The number of ether oxygens (including phenoxy) is 6. The first-order valence-electron chi connectivity index (χ1n) is 18.4. The van der Waals surface area contributed by atoms with Crippen LogP contribution in [0, 0.1) is 0 Å². The van der Waals surface area contributed by atoms with Gasteiger partial charge in [-0.3, -0.25) is 4.79 Å². The molecule has 0 bridgehead atoms. The van der Waals surface area contributed by atoms with Crippen LogP contribution in [0.2, 0.25) is 0 Å². The molecule has 0 aliphatic carbocycles. The lowest BCUT2D eigenvalue weighted by molar-refractivity contribution is -0.379. The zero-order chi connectivity index (χ0) is 39.2. The van der Waals surface area contributed by atoms with Gasteiger partial charge in [-0.1, -0.05) is 57.6 Å². The van der Waals surface area contributed by atoms with Crippen LogP contribution in [-0.2, 0) is 33.2 Å². The Morgan fingerprint density at radius 2 is 1.13 bits per heavy atom. The molecular formula is C34H61NO18. The quantitative estimate of drug-likeness (QED) is 0.0391. The van der Waals surface area contributed by atoms with Crippen molar-refractivity contribution in [3.8, 4) is 0 Å². The summed E-state index contributed by atoms with van der Waals surface area (Å²) in [6.07, 6.45) is -14.7. The first-order valence-corrected chi connectivity index (χ1v) is 18.4. The van der Waals surface area contributed by atoms with E-state index in [9.17, 15) is 61.0 Å². The molecule has 1 amide bonds. The highest BCUT2D eigenvalue weighted by molar-refractivity contribution is 5.73. The fourth-order valence-corrected chi connectivity index (χ4v) is 6.46. The molecule has 17 unspecified atom stereocenters. The normalized spacial score (nSPS) is 39.2. The maximum atomic E-state index is 11.9. The summed E-state index contributed by atoms with van der Waals surface area (Å²) in [7, 11) is 0. The molecule has 3 rings (SSSR count). The predicted molar refractivity (Wildman–Crippen MR) is 180 cm³/mol. The highest BCUT2D eigenvalue weighted by Crippen LogP contribution is 2.32. The summed E-state index contributed by atoms with van der Waals surface area (Å²) in [5.41, 5.74) is 0. The van der Waals surface area contributed by atoms with Gasteiger partial charge < -0.3 is 89.9 Å². The van der Waals surface area contributed by atoms with Crippen molar-refractivity contribution in [3.63, 3.8) is 0 Å². The number of unbranched alkanes of at least 4 members (excludes halogenated alkanes) is 7. The SMILES string of the molecule is CCCCCCCCC/C=C/C(O)C(COC1OC(CO)C(OC2OC(CO)C(OC3OC(CO)C(O)C(O)C3O)C(O)C2O)C(O)C1O)NC(C)=O. The first-order chi connectivity index (χ1) is 25.3. The number of allylic oxidation sites excluding steroid dienone is 1. The molecule has 19 nitrogen and oxygen atoms in total. The van der Waals surface area contributed by atoms with Gasteiger partial charge in [-0.05, 0) is 12.8 Å². The zero-order valence-electron chi connectivity index (χ0n) is 30.2. The largest absolute Gasteiger partial charge is 0.394 e. The summed E-state index contributed by atoms with van der Waals surface area (Å²) in [6, 6.07) is -0.965. The van der Waals surface area contributed by atoms with Gasteiger partial charge >= 0.3 is 0 Å². The number of carbonyl (C=O) groups excluding carboxylic acids is 1. The molecule has 3 aliphatic rings. The Balaban J connectivity index is 1.58. The van der Waals surface area contributed by atoms with E-state index in [1.54, 1.807) is 0 Å². The summed E-state index contributed by atoms with van der Waals surface area (Å²) >= 11 is 0. The molecule has 0 aromatic rings. The molecule has 310 valence electrons. The molecule has 0 aromatic heterocycles. The average Bonchev–Trinajstić information content (AvgIpc) is 3.14. The van der Waals surface area contributed by atoms with Crippen molar-refractivity contribution in [2.75, 3.05) is 26.4 Å². The molecular weight excluding hydrogens is 710 g/mol. The second-order valence-electron chi connectivity index (χ2n) is 13.8. The number of nitrogens with one attached hydrogen (secondary N) is 1. The third kappa shape index (κ3) is 12.8. The van der Waals surface area contributed by atoms with E-state index >= 15 is 0 Å². The molecule has 19 heteroatoms. The summed E-state index contributed by atoms with van der Waals surface area (Å²) in [4.78, 5) is 11.9. The lowest BCUT2D eigenvalue weighted by Crippen LogP contribution is -2.66. The highest BCUT2D eigenvalue weighted by atomic mass is 16.8. The van der Waals surface area contributed by atoms with Gasteiger partial charge in [0.15, 0.2) is 18.9 Å². The van der Waals surface area contributed by atoms with E-state index in [-0.39, 0.29) is 6.61 Å². The van der Waals surface area contributed by atoms with Gasteiger partial charge in [0.25, 0.3) is 0 Å². The maximum Gasteiger partial charge on any atom is 0.217 e.